The molecule has 26 heavy (non-hydrogen) atoms. The van der Waals surface area contributed by atoms with Crippen LogP contribution in [-0.4, -0.2) is 28.5 Å². The topological polar surface area (TPSA) is 64.9 Å². The maximum atomic E-state index is 12.5. The van der Waals surface area contributed by atoms with Gasteiger partial charge in [0.05, 0.1) is 30.5 Å². The van der Waals surface area contributed by atoms with Crippen LogP contribution in [0.5, 0.6) is 11.5 Å². The molecule has 0 spiro atoms. The summed E-state index contributed by atoms with van der Waals surface area (Å²) in [6.07, 6.45) is 4.56. The van der Waals surface area contributed by atoms with E-state index in [9.17, 15) is 4.79 Å². The third kappa shape index (κ3) is 3.50. The molecule has 1 aliphatic rings. The third-order valence-electron chi connectivity index (χ3n) is 3.96. The van der Waals surface area contributed by atoms with Crippen LogP contribution in [0.3, 0.4) is 0 Å². The van der Waals surface area contributed by atoms with Crippen molar-refractivity contribution >= 4 is 39.1 Å². The van der Waals surface area contributed by atoms with Crippen molar-refractivity contribution in [1.29, 1.82) is 0 Å². The number of carbonyl (C=O) groups is 1. The van der Waals surface area contributed by atoms with Gasteiger partial charge in [-0.3, -0.25) is 4.79 Å². The number of nitrogens with zero attached hydrogens (tertiary/aromatic N) is 2. The molecule has 4 rings (SSSR count). The lowest BCUT2D eigenvalue weighted by Gasteiger charge is -2.11. The fourth-order valence-corrected chi connectivity index (χ4v) is 3.36. The molecule has 0 saturated carbocycles. The number of amides is 1. The van der Waals surface area contributed by atoms with Crippen LogP contribution in [0.15, 0.2) is 41.1 Å². The van der Waals surface area contributed by atoms with E-state index < -0.39 is 0 Å². The van der Waals surface area contributed by atoms with E-state index in [4.69, 9.17) is 21.1 Å². The summed E-state index contributed by atoms with van der Waals surface area (Å²) in [5, 5.41) is 3.23. The van der Waals surface area contributed by atoms with Gasteiger partial charge in [0.2, 0.25) is 0 Å². The Bertz CT molecular complexity index is 989. The number of benzene rings is 1. The zero-order valence-corrected chi connectivity index (χ0v) is 16.0. The van der Waals surface area contributed by atoms with Gasteiger partial charge < -0.3 is 19.2 Å². The van der Waals surface area contributed by atoms with Crippen LogP contribution in [0.2, 0.25) is 5.02 Å². The van der Waals surface area contributed by atoms with E-state index in [2.05, 4.69) is 26.2 Å². The molecule has 0 bridgehead atoms. The highest BCUT2D eigenvalue weighted by Crippen LogP contribution is 2.37. The monoisotopic (exact) mass is 435 g/mol. The van der Waals surface area contributed by atoms with E-state index in [0.29, 0.717) is 41.8 Å². The zero-order chi connectivity index (χ0) is 18.1. The largest absolute Gasteiger partial charge is 0.489 e. The first-order chi connectivity index (χ1) is 12.6. The number of pyridine rings is 1. The molecule has 0 aliphatic carbocycles. The Morgan fingerprint density at radius 2 is 2.12 bits per heavy atom. The smallest absolute Gasteiger partial charge is 0.251 e. The van der Waals surface area contributed by atoms with E-state index in [0.717, 1.165) is 22.2 Å². The number of imidazole rings is 1. The minimum atomic E-state index is -0.249. The van der Waals surface area contributed by atoms with Crippen molar-refractivity contribution in [2.45, 2.75) is 13.0 Å². The van der Waals surface area contributed by atoms with Crippen LogP contribution in [0.4, 0.5) is 0 Å². The van der Waals surface area contributed by atoms with Crippen molar-refractivity contribution in [1.82, 2.24) is 14.7 Å². The second-order valence-corrected chi connectivity index (χ2v) is 7.19. The van der Waals surface area contributed by atoms with Gasteiger partial charge in [0.25, 0.3) is 5.91 Å². The Balaban J connectivity index is 1.50. The second kappa shape index (κ2) is 7.17. The number of aromatic nitrogens is 2. The van der Waals surface area contributed by atoms with E-state index >= 15 is 0 Å². The van der Waals surface area contributed by atoms with Crippen LogP contribution in [0.1, 0.15) is 22.5 Å². The Morgan fingerprint density at radius 3 is 3.00 bits per heavy atom. The molecule has 6 nitrogen and oxygen atoms in total. The Labute approximate surface area is 163 Å². The Kier molecular flexibility index (Phi) is 4.74. The molecule has 8 heteroatoms. The number of carbonyl (C=O) groups excluding carboxylic acids is 1. The van der Waals surface area contributed by atoms with Gasteiger partial charge in [-0.05, 0) is 40.2 Å². The summed E-state index contributed by atoms with van der Waals surface area (Å²) in [4.78, 5) is 17.0. The van der Waals surface area contributed by atoms with Gasteiger partial charge >= 0.3 is 0 Å². The number of hydrogen-bond acceptors (Lipinski definition) is 4. The fourth-order valence-electron chi connectivity index (χ4n) is 2.74. The zero-order valence-electron chi connectivity index (χ0n) is 13.7. The van der Waals surface area contributed by atoms with Crippen molar-refractivity contribution in [2.24, 2.45) is 0 Å². The summed E-state index contributed by atoms with van der Waals surface area (Å²) in [6, 6.07) is 7.07. The molecule has 3 heterocycles. The molecule has 0 atom stereocenters. The fraction of sp³-hybridized carbons (Fsp3) is 0.222. The Hall–Kier alpha value is -2.25. The third-order valence-corrected chi connectivity index (χ3v) is 4.71. The van der Waals surface area contributed by atoms with E-state index in [1.54, 1.807) is 12.1 Å². The average Bonchev–Trinajstić information content (AvgIpc) is 2.86. The molecule has 1 aromatic carbocycles. The molecular formula is C18H15BrClN3O3. The lowest BCUT2D eigenvalue weighted by atomic mass is 10.2. The lowest BCUT2D eigenvalue weighted by Crippen LogP contribution is -2.23. The SMILES string of the molecule is O=C(NCc1cn2cc(Br)ccc2n1)c1cc(Cl)c2c(c1)OCCCO2. The highest BCUT2D eigenvalue weighted by molar-refractivity contribution is 9.10. The molecule has 0 radical (unpaired) electrons. The Morgan fingerprint density at radius 1 is 1.27 bits per heavy atom. The van der Waals surface area contributed by atoms with Crippen molar-refractivity contribution in [2.75, 3.05) is 13.2 Å². The van der Waals surface area contributed by atoms with Crippen LogP contribution in [0, 0.1) is 0 Å². The molecule has 1 N–H and O–H groups in total. The number of hydrogen-bond donors (Lipinski definition) is 1. The summed E-state index contributed by atoms with van der Waals surface area (Å²) in [7, 11) is 0. The van der Waals surface area contributed by atoms with Crippen LogP contribution >= 0.6 is 27.5 Å². The molecule has 2 aromatic heterocycles. The molecule has 1 aliphatic heterocycles. The average molecular weight is 437 g/mol. The van der Waals surface area contributed by atoms with Crippen LogP contribution in [-0.2, 0) is 6.54 Å². The summed E-state index contributed by atoms with van der Waals surface area (Å²) >= 11 is 9.67. The quantitative estimate of drug-likeness (QED) is 0.677. The number of halogens is 2. The molecule has 0 saturated heterocycles. The van der Waals surface area contributed by atoms with Gasteiger partial charge in [0.1, 0.15) is 5.65 Å². The molecule has 3 aromatic rings. The summed E-state index contributed by atoms with van der Waals surface area (Å²) in [5.74, 6) is 0.741. The normalized spacial score (nSPS) is 13.5. The van der Waals surface area contributed by atoms with Gasteiger partial charge in [-0.1, -0.05) is 11.6 Å². The number of rotatable bonds is 3. The van der Waals surface area contributed by atoms with Crippen molar-refractivity contribution in [3.8, 4) is 11.5 Å². The predicted molar refractivity (Wildman–Crippen MR) is 101 cm³/mol. The maximum absolute atomic E-state index is 12.5. The second-order valence-electron chi connectivity index (χ2n) is 5.86. The first kappa shape index (κ1) is 17.2. The lowest BCUT2D eigenvalue weighted by molar-refractivity contribution is 0.0950. The van der Waals surface area contributed by atoms with Gasteiger partial charge in [-0.2, -0.15) is 0 Å². The number of fused-ring (bicyclic) bond motifs is 2. The minimum absolute atomic E-state index is 0.249. The molecule has 0 fully saturated rings. The predicted octanol–water partition coefficient (Wildman–Crippen LogP) is 3.84. The van der Waals surface area contributed by atoms with Gasteiger partial charge in [0.15, 0.2) is 11.5 Å². The summed E-state index contributed by atoms with van der Waals surface area (Å²) < 4.78 is 14.1. The van der Waals surface area contributed by atoms with E-state index in [-0.39, 0.29) is 5.91 Å². The van der Waals surface area contributed by atoms with E-state index in [1.807, 2.05) is 28.9 Å². The maximum Gasteiger partial charge on any atom is 0.251 e. The molecule has 134 valence electrons. The standard InChI is InChI=1S/C18H15BrClN3O3/c19-12-2-3-16-22-13(10-23(16)9-12)8-21-18(24)11-6-14(20)17-15(7-11)25-4-1-5-26-17/h2-3,6-7,9-10H,1,4-5,8H2,(H,21,24). The van der Waals surface area contributed by atoms with Crippen molar-refractivity contribution < 1.29 is 14.3 Å². The highest BCUT2D eigenvalue weighted by Gasteiger charge is 2.18. The van der Waals surface area contributed by atoms with Gasteiger partial charge in [-0.25, -0.2) is 4.98 Å². The molecule has 1 amide bonds. The van der Waals surface area contributed by atoms with Crippen molar-refractivity contribution in [3.05, 3.63) is 57.4 Å². The minimum Gasteiger partial charge on any atom is -0.489 e. The van der Waals surface area contributed by atoms with Crippen LogP contribution < -0.4 is 14.8 Å². The number of ether oxygens (including phenoxy) is 2. The van der Waals surface area contributed by atoms with Gasteiger partial charge in [0, 0.05) is 28.9 Å². The number of nitrogens with one attached hydrogen (secondary N) is 1. The summed E-state index contributed by atoms with van der Waals surface area (Å²) in [6.45, 7) is 1.39. The first-order valence-electron chi connectivity index (χ1n) is 8.10. The first-order valence-corrected chi connectivity index (χ1v) is 9.28. The van der Waals surface area contributed by atoms with Gasteiger partial charge in [-0.15, -0.1) is 0 Å². The molecular weight excluding hydrogens is 422 g/mol. The molecule has 0 unspecified atom stereocenters. The summed E-state index contributed by atoms with van der Waals surface area (Å²) in [5.41, 5.74) is 2.00. The highest BCUT2D eigenvalue weighted by atomic mass is 79.9. The van der Waals surface area contributed by atoms with Crippen molar-refractivity contribution in [3.63, 3.8) is 0 Å². The van der Waals surface area contributed by atoms with E-state index in [1.165, 1.54) is 0 Å². The van der Waals surface area contributed by atoms with Crippen LogP contribution in [0.25, 0.3) is 5.65 Å².